The van der Waals surface area contributed by atoms with Crippen LogP contribution in [0.1, 0.15) is 72.0 Å². The minimum absolute atomic E-state index is 0. The molecular weight excluding hydrogens is 591 g/mol. The number of amides is 1. The van der Waals surface area contributed by atoms with Gasteiger partial charge in [0.05, 0.1) is 0 Å². The summed E-state index contributed by atoms with van der Waals surface area (Å²) in [4.78, 5) is 29.3. The van der Waals surface area contributed by atoms with E-state index in [4.69, 9.17) is 0 Å². The molecule has 3 aromatic rings. The molecule has 2 N–H and O–H groups in total. The molecule has 1 aliphatic rings. The summed E-state index contributed by atoms with van der Waals surface area (Å²) in [7, 11) is 2.24. The summed E-state index contributed by atoms with van der Waals surface area (Å²) < 4.78 is 0. The third-order valence-electron chi connectivity index (χ3n) is 8.89. The molecule has 0 aromatic heterocycles. The van der Waals surface area contributed by atoms with Gasteiger partial charge >= 0.3 is 5.97 Å². The Bertz CT molecular complexity index is 1400. The smallest absolute Gasteiger partial charge is 0.326 e. The molecule has 0 spiro atoms. The summed E-state index contributed by atoms with van der Waals surface area (Å²) in [5.41, 5.74) is 5.90. The molecule has 0 saturated heterocycles. The van der Waals surface area contributed by atoms with Crippen molar-refractivity contribution < 1.29 is 14.7 Å². The number of carboxylic acid groups (broad SMARTS) is 1. The second-order valence-electron chi connectivity index (χ2n) is 12.2. The van der Waals surface area contributed by atoms with Crippen LogP contribution in [0.2, 0.25) is 0 Å². The fourth-order valence-corrected chi connectivity index (χ4v) is 7.92. The van der Waals surface area contributed by atoms with Crippen LogP contribution >= 0.6 is 23.5 Å². The van der Waals surface area contributed by atoms with Crippen LogP contribution in [-0.2, 0) is 11.3 Å². The molecule has 45 heavy (non-hydrogen) atoms. The largest absolute Gasteiger partial charge is 0.480 e. The minimum Gasteiger partial charge on any atom is -0.480 e. The van der Waals surface area contributed by atoms with Crippen molar-refractivity contribution in [2.45, 2.75) is 82.3 Å². The molecule has 4 rings (SSSR count). The first-order valence-electron chi connectivity index (χ1n) is 15.9. The van der Waals surface area contributed by atoms with Gasteiger partial charge in [-0.2, -0.15) is 11.8 Å². The third-order valence-corrected chi connectivity index (χ3v) is 10.9. The summed E-state index contributed by atoms with van der Waals surface area (Å²) in [6.07, 6.45) is 10.2. The summed E-state index contributed by atoms with van der Waals surface area (Å²) in [6, 6.07) is 22.3. The molecule has 5 nitrogen and oxygen atoms in total. The Labute approximate surface area is 290 Å². The molecule has 8 heteroatoms. The predicted molar refractivity (Wildman–Crippen MR) is 193 cm³/mol. The number of hydrogen-bond donors (Lipinski definition) is 2. The maximum atomic E-state index is 13.5. The van der Waals surface area contributed by atoms with E-state index in [2.05, 4.69) is 67.5 Å². The number of carbonyl (C=O) groups is 2. The average Bonchev–Trinajstić information content (AvgIpc) is 3.02. The first kappa shape index (κ1) is 37.3. The number of carbonyl (C=O) groups excluding carboxylic acids is 1. The Morgan fingerprint density at radius 1 is 0.956 bits per heavy atom. The zero-order valence-electron chi connectivity index (χ0n) is 27.7. The van der Waals surface area contributed by atoms with Crippen molar-refractivity contribution in [1.29, 1.82) is 0 Å². The monoisotopic (exact) mass is 639 g/mol. The van der Waals surface area contributed by atoms with Gasteiger partial charge in [0.1, 0.15) is 6.04 Å². The van der Waals surface area contributed by atoms with E-state index in [0.717, 1.165) is 40.5 Å². The van der Waals surface area contributed by atoms with Crippen molar-refractivity contribution in [3.05, 3.63) is 89.0 Å². The van der Waals surface area contributed by atoms with Crippen molar-refractivity contribution in [2.24, 2.45) is 5.92 Å². The molecule has 1 saturated carbocycles. The second kappa shape index (κ2) is 18.9. The van der Waals surface area contributed by atoms with E-state index < -0.39 is 12.0 Å². The van der Waals surface area contributed by atoms with Gasteiger partial charge in [-0.15, -0.1) is 11.8 Å². The Kier molecular flexibility index (Phi) is 15.6. The number of aliphatic carboxylic acids is 1. The molecule has 1 radical (unpaired) electrons. The van der Waals surface area contributed by atoms with Gasteiger partial charge < -0.3 is 10.4 Å². The van der Waals surface area contributed by atoms with Gasteiger partial charge in [0.2, 0.25) is 0 Å². The quantitative estimate of drug-likeness (QED) is 0.129. The van der Waals surface area contributed by atoms with Crippen LogP contribution in [0, 0.1) is 19.8 Å². The van der Waals surface area contributed by atoms with Crippen LogP contribution in [0.25, 0.3) is 11.1 Å². The molecular formula is C37H48LiN2O3S2. The summed E-state index contributed by atoms with van der Waals surface area (Å²) >= 11 is 3.54. The summed E-state index contributed by atoms with van der Waals surface area (Å²) in [5.74, 6) is 1.13. The van der Waals surface area contributed by atoms with Gasteiger partial charge in [0.25, 0.3) is 5.91 Å². The number of benzene rings is 3. The fraction of sp³-hybridized carbons (Fsp3) is 0.459. The Morgan fingerprint density at radius 2 is 1.64 bits per heavy atom. The van der Waals surface area contributed by atoms with E-state index >= 15 is 0 Å². The number of nitrogens with zero attached hydrogens (tertiary/aromatic N) is 1. The molecule has 237 valence electrons. The first-order valence-corrected chi connectivity index (χ1v) is 18.2. The van der Waals surface area contributed by atoms with E-state index in [1.165, 1.54) is 49.0 Å². The van der Waals surface area contributed by atoms with Crippen LogP contribution in [0.5, 0.6) is 0 Å². The van der Waals surface area contributed by atoms with Gasteiger partial charge in [0, 0.05) is 47.7 Å². The standard InChI is InChI=1S/C37H48N2O3S2.Li/c1-26-12-8-10-16-31(26)33-23-29(18-19-32(33)36(40)38-34(37(41)42)20-21-43-4)24-39(3)30(22-28-14-6-5-7-15-28)25-44-35-17-11-9-13-27(35)2;/h8-13,16-19,23,28,30,34H,5-7,14-15,20-22,24-25H2,1-4H3,(H,38,40)(H,41,42);/t30-,34-;/m0./s1. The third kappa shape index (κ3) is 11.0. The first-order chi connectivity index (χ1) is 21.3. The maximum absolute atomic E-state index is 13.5. The van der Waals surface area contributed by atoms with Crippen molar-refractivity contribution >= 4 is 54.3 Å². The van der Waals surface area contributed by atoms with Crippen molar-refractivity contribution in [1.82, 2.24) is 10.2 Å². The summed E-state index contributed by atoms with van der Waals surface area (Å²) in [6.45, 7) is 5.02. The van der Waals surface area contributed by atoms with Crippen LogP contribution < -0.4 is 5.32 Å². The summed E-state index contributed by atoms with van der Waals surface area (Å²) in [5, 5.41) is 12.5. The molecule has 0 heterocycles. The van der Waals surface area contributed by atoms with Crippen molar-refractivity contribution in [3.63, 3.8) is 0 Å². The number of nitrogens with one attached hydrogen (secondary N) is 1. The normalized spacial score (nSPS) is 14.9. The second-order valence-corrected chi connectivity index (χ2v) is 14.3. The van der Waals surface area contributed by atoms with E-state index in [9.17, 15) is 14.7 Å². The van der Waals surface area contributed by atoms with Gasteiger partial charge in [0.15, 0.2) is 0 Å². The molecule has 2 atom stereocenters. The Morgan fingerprint density at radius 3 is 2.31 bits per heavy atom. The average molecular weight is 640 g/mol. The molecule has 3 aromatic carbocycles. The van der Waals surface area contributed by atoms with E-state index in [0.29, 0.717) is 23.8 Å². The van der Waals surface area contributed by atoms with Gasteiger partial charge in [-0.25, -0.2) is 4.79 Å². The van der Waals surface area contributed by atoms with Gasteiger partial charge in [-0.1, -0.05) is 80.6 Å². The number of aryl methyl sites for hydroxylation is 2. The number of rotatable bonds is 15. The number of carboxylic acids is 1. The molecule has 1 aliphatic carbocycles. The van der Waals surface area contributed by atoms with Crippen LogP contribution in [0.15, 0.2) is 71.6 Å². The fourth-order valence-electron chi connectivity index (χ4n) is 6.22. The van der Waals surface area contributed by atoms with Crippen molar-refractivity contribution in [3.8, 4) is 11.1 Å². The molecule has 0 aliphatic heterocycles. The maximum Gasteiger partial charge on any atom is 0.326 e. The van der Waals surface area contributed by atoms with E-state index in [-0.39, 0.29) is 24.8 Å². The molecule has 1 amide bonds. The number of thioether (sulfide) groups is 2. The molecule has 1 fully saturated rings. The molecule has 0 unspecified atom stereocenters. The van der Waals surface area contributed by atoms with Crippen molar-refractivity contribution in [2.75, 3.05) is 24.8 Å². The predicted octanol–water partition coefficient (Wildman–Crippen LogP) is 8.09. The van der Waals surface area contributed by atoms with Gasteiger partial charge in [-0.3, -0.25) is 9.69 Å². The zero-order chi connectivity index (χ0) is 31.5. The number of hydrogen-bond acceptors (Lipinski definition) is 5. The topological polar surface area (TPSA) is 69.6 Å². The van der Waals surface area contributed by atoms with Crippen LogP contribution in [-0.4, -0.2) is 77.6 Å². The zero-order valence-corrected chi connectivity index (χ0v) is 29.3. The Balaban J connectivity index is 0.00000552. The SMILES string of the molecule is CSCC[C@H](NC(=O)c1ccc(CN(C)[C@H](CSc2ccccc2C)CC2CCCCC2)cc1-c1ccccc1C)C(=O)O.[Li]. The van der Waals surface area contributed by atoms with Gasteiger partial charge in [-0.05, 0) is 97.7 Å². The molecule has 0 bridgehead atoms. The van der Waals surface area contributed by atoms with E-state index in [1.54, 1.807) is 11.8 Å². The van der Waals surface area contributed by atoms with Crippen LogP contribution in [0.4, 0.5) is 0 Å². The van der Waals surface area contributed by atoms with Crippen LogP contribution in [0.3, 0.4) is 0 Å². The van der Waals surface area contributed by atoms with E-state index in [1.807, 2.05) is 48.3 Å². The Hall–Kier alpha value is -2.14. The minimum atomic E-state index is -1.00.